The highest BCUT2D eigenvalue weighted by molar-refractivity contribution is 5.46. The summed E-state index contributed by atoms with van der Waals surface area (Å²) in [5.41, 5.74) is 2.69. The third-order valence-electron chi connectivity index (χ3n) is 5.89. The molecular formula is C25H31NO3. The molecule has 0 spiro atoms. The number of benzene rings is 2. The lowest BCUT2D eigenvalue weighted by molar-refractivity contribution is 0.174. The largest absolute Gasteiger partial charge is 0.497 e. The molecule has 0 aromatic heterocycles. The topological polar surface area (TPSA) is 30.9 Å². The Bertz CT molecular complexity index is 844. The van der Waals surface area contributed by atoms with Gasteiger partial charge in [0.15, 0.2) is 11.5 Å². The van der Waals surface area contributed by atoms with E-state index < -0.39 is 0 Å². The van der Waals surface area contributed by atoms with Crippen molar-refractivity contribution in [2.75, 3.05) is 27.0 Å². The lowest BCUT2D eigenvalue weighted by Crippen LogP contribution is -2.24. The molecule has 154 valence electrons. The first kappa shape index (κ1) is 19.8. The van der Waals surface area contributed by atoms with Crippen LogP contribution in [0, 0.1) is 5.92 Å². The Kier molecular flexibility index (Phi) is 6.10. The van der Waals surface area contributed by atoms with Crippen LogP contribution in [0.5, 0.6) is 17.2 Å². The summed E-state index contributed by atoms with van der Waals surface area (Å²) in [6.07, 6.45) is 6.89. The molecule has 2 aromatic rings. The van der Waals surface area contributed by atoms with Crippen molar-refractivity contribution >= 4 is 0 Å². The molecule has 2 aromatic carbocycles. The average Bonchev–Trinajstić information content (AvgIpc) is 3.37. The van der Waals surface area contributed by atoms with Gasteiger partial charge >= 0.3 is 0 Å². The third-order valence-corrected chi connectivity index (χ3v) is 5.89. The second kappa shape index (κ2) is 8.91. The molecular weight excluding hydrogens is 362 g/mol. The van der Waals surface area contributed by atoms with E-state index in [4.69, 9.17) is 14.2 Å². The van der Waals surface area contributed by atoms with Crippen LogP contribution in [0.15, 0.2) is 54.6 Å². The van der Waals surface area contributed by atoms with Gasteiger partial charge in [-0.3, -0.25) is 4.90 Å². The molecule has 1 fully saturated rings. The Morgan fingerprint density at radius 1 is 1.03 bits per heavy atom. The molecule has 29 heavy (non-hydrogen) atoms. The fourth-order valence-electron chi connectivity index (χ4n) is 4.27. The Labute approximate surface area is 174 Å². The van der Waals surface area contributed by atoms with Gasteiger partial charge in [-0.05, 0) is 60.1 Å². The second-order valence-corrected chi connectivity index (χ2v) is 8.39. The van der Waals surface area contributed by atoms with Crippen molar-refractivity contribution in [1.29, 1.82) is 0 Å². The van der Waals surface area contributed by atoms with Crippen LogP contribution in [-0.4, -0.2) is 31.9 Å². The van der Waals surface area contributed by atoms with Crippen molar-refractivity contribution in [3.05, 3.63) is 65.7 Å². The van der Waals surface area contributed by atoms with Crippen molar-refractivity contribution in [2.24, 2.45) is 5.92 Å². The van der Waals surface area contributed by atoms with Gasteiger partial charge in [0, 0.05) is 19.1 Å². The number of rotatable bonds is 7. The number of ether oxygens (including phenoxy) is 3. The van der Waals surface area contributed by atoms with Crippen LogP contribution in [0.1, 0.15) is 49.8 Å². The molecule has 0 N–H and O–H groups in total. The lowest BCUT2D eigenvalue weighted by atomic mass is 9.93. The molecule has 2 aliphatic rings. The normalized spacial score (nSPS) is 21.4. The van der Waals surface area contributed by atoms with Crippen molar-refractivity contribution in [2.45, 2.75) is 38.6 Å². The maximum absolute atomic E-state index is 5.60. The quantitative estimate of drug-likeness (QED) is 0.577. The predicted molar refractivity (Wildman–Crippen MR) is 116 cm³/mol. The Hall–Kier alpha value is -2.46. The van der Waals surface area contributed by atoms with Crippen LogP contribution in [0.3, 0.4) is 0 Å². The zero-order valence-corrected chi connectivity index (χ0v) is 17.6. The standard InChI is InChI=1S/C25H31NO3/c1-18(2)6-4-5-13-26-16-21(20-9-12-24-25(15-20)29-17-28-24)14-23(26)19-7-10-22(27-3)11-8-19/h4-5,7-12,15,18,21,23H,6,13-14,16-17H2,1-3H3/b5-4+/t21-,23+/m0/s1. The average molecular weight is 394 g/mol. The van der Waals surface area contributed by atoms with Crippen molar-refractivity contribution < 1.29 is 14.2 Å². The second-order valence-electron chi connectivity index (χ2n) is 8.39. The van der Waals surface area contributed by atoms with Crippen LogP contribution < -0.4 is 14.2 Å². The van der Waals surface area contributed by atoms with Gasteiger partial charge in [0.05, 0.1) is 7.11 Å². The molecule has 0 aliphatic carbocycles. The van der Waals surface area contributed by atoms with E-state index in [2.05, 4.69) is 67.3 Å². The zero-order chi connectivity index (χ0) is 20.2. The van der Waals surface area contributed by atoms with Crippen LogP contribution in [0.2, 0.25) is 0 Å². The van der Waals surface area contributed by atoms with Gasteiger partial charge in [-0.2, -0.15) is 0 Å². The fourth-order valence-corrected chi connectivity index (χ4v) is 4.27. The number of fused-ring (bicyclic) bond motifs is 1. The van der Waals surface area contributed by atoms with Gasteiger partial charge in [0.2, 0.25) is 6.79 Å². The van der Waals surface area contributed by atoms with Gasteiger partial charge < -0.3 is 14.2 Å². The summed E-state index contributed by atoms with van der Waals surface area (Å²) in [6.45, 7) is 6.86. The Balaban J connectivity index is 1.53. The molecule has 0 saturated carbocycles. The number of methoxy groups -OCH3 is 1. The number of hydrogen-bond acceptors (Lipinski definition) is 4. The third kappa shape index (κ3) is 4.59. The molecule has 2 heterocycles. The molecule has 0 amide bonds. The molecule has 4 rings (SSSR count). The van der Waals surface area contributed by atoms with E-state index in [-0.39, 0.29) is 0 Å². The number of likely N-dealkylation sites (tertiary alicyclic amines) is 1. The summed E-state index contributed by atoms with van der Waals surface area (Å²) in [5.74, 6) is 3.81. The monoisotopic (exact) mass is 393 g/mol. The van der Waals surface area contributed by atoms with Crippen LogP contribution in [-0.2, 0) is 0 Å². The zero-order valence-electron chi connectivity index (χ0n) is 17.6. The highest BCUT2D eigenvalue weighted by Gasteiger charge is 2.34. The molecule has 0 bridgehead atoms. The summed E-state index contributed by atoms with van der Waals surface area (Å²) in [4.78, 5) is 2.59. The Morgan fingerprint density at radius 2 is 1.79 bits per heavy atom. The van der Waals surface area contributed by atoms with Crippen molar-refractivity contribution in [3.8, 4) is 17.2 Å². The van der Waals surface area contributed by atoms with E-state index in [1.54, 1.807) is 7.11 Å². The highest BCUT2D eigenvalue weighted by atomic mass is 16.7. The van der Waals surface area contributed by atoms with Crippen molar-refractivity contribution in [1.82, 2.24) is 4.90 Å². The van der Waals surface area contributed by atoms with Crippen molar-refractivity contribution in [3.63, 3.8) is 0 Å². The maximum atomic E-state index is 5.60. The van der Waals surface area contributed by atoms with E-state index in [0.29, 0.717) is 24.7 Å². The number of allylic oxidation sites excluding steroid dienone is 1. The molecule has 0 radical (unpaired) electrons. The van der Waals surface area contributed by atoms with Crippen LogP contribution in [0.25, 0.3) is 0 Å². The minimum Gasteiger partial charge on any atom is -0.497 e. The highest BCUT2D eigenvalue weighted by Crippen LogP contribution is 2.43. The van der Waals surface area contributed by atoms with Gasteiger partial charge in [-0.25, -0.2) is 0 Å². The molecule has 0 unspecified atom stereocenters. The first-order valence-corrected chi connectivity index (χ1v) is 10.6. The molecule has 1 saturated heterocycles. The van der Waals surface area contributed by atoms with E-state index in [9.17, 15) is 0 Å². The minimum atomic E-state index is 0.324. The van der Waals surface area contributed by atoms with Gasteiger partial charge in [0.25, 0.3) is 0 Å². The summed E-state index contributed by atoms with van der Waals surface area (Å²) in [5, 5.41) is 0. The number of hydrogen-bond donors (Lipinski definition) is 0. The van der Waals surface area contributed by atoms with Crippen LogP contribution >= 0.6 is 0 Å². The molecule has 4 heteroatoms. The summed E-state index contributed by atoms with van der Waals surface area (Å²) in [6, 6.07) is 15.3. The predicted octanol–water partition coefficient (Wildman–Crippen LogP) is 5.56. The van der Waals surface area contributed by atoms with E-state index >= 15 is 0 Å². The first-order chi connectivity index (χ1) is 14.1. The maximum Gasteiger partial charge on any atom is 0.231 e. The van der Waals surface area contributed by atoms with Gasteiger partial charge in [0.1, 0.15) is 5.75 Å². The van der Waals surface area contributed by atoms with E-state index in [1.807, 2.05) is 6.07 Å². The van der Waals surface area contributed by atoms with E-state index in [0.717, 1.165) is 43.2 Å². The molecule has 2 atom stereocenters. The van der Waals surface area contributed by atoms with Gasteiger partial charge in [-0.15, -0.1) is 0 Å². The first-order valence-electron chi connectivity index (χ1n) is 10.6. The number of nitrogens with zero attached hydrogens (tertiary/aromatic N) is 1. The molecule has 4 nitrogen and oxygen atoms in total. The smallest absolute Gasteiger partial charge is 0.231 e. The lowest BCUT2D eigenvalue weighted by Gasteiger charge is -2.23. The summed E-state index contributed by atoms with van der Waals surface area (Å²) < 4.78 is 16.4. The van der Waals surface area contributed by atoms with Gasteiger partial charge in [-0.1, -0.05) is 44.2 Å². The fraction of sp³-hybridized carbons (Fsp3) is 0.440. The summed E-state index contributed by atoms with van der Waals surface area (Å²) >= 11 is 0. The Morgan fingerprint density at radius 3 is 2.55 bits per heavy atom. The molecule has 2 aliphatic heterocycles. The SMILES string of the molecule is COc1ccc([C@H]2C[C@H](c3ccc4c(c3)OCO4)CN2C/C=C/CC(C)C)cc1. The summed E-state index contributed by atoms with van der Waals surface area (Å²) in [7, 11) is 1.71. The minimum absolute atomic E-state index is 0.324. The van der Waals surface area contributed by atoms with E-state index in [1.165, 1.54) is 11.1 Å². The van der Waals surface area contributed by atoms with Crippen LogP contribution in [0.4, 0.5) is 0 Å².